The monoisotopic (exact) mass is 334 g/mol. The van der Waals surface area contributed by atoms with Crippen LogP contribution in [-0.2, 0) is 16.0 Å². The van der Waals surface area contributed by atoms with Gasteiger partial charge in [-0.25, -0.2) is 4.39 Å². The average molecular weight is 334 g/mol. The lowest BCUT2D eigenvalue weighted by Gasteiger charge is -2.30. The van der Waals surface area contributed by atoms with Crippen molar-refractivity contribution in [3.63, 3.8) is 0 Å². The number of halogens is 1. The highest BCUT2D eigenvalue weighted by atomic mass is 19.1. The van der Waals surface area contributed by atoms with Crippen LogP contribution in [0.3, 0.4) is 0 Å². The van der Waals surface area contributed by atoms with Crippen LogP contribution in [0.25, 0.3) is 6.08 Å². The Morgan fingerprint density at radius 2 is 2.25 bits per heavy atom. The highest BCUT2D eigenvalue weighted by molar-refractivity contribution is 5.71. The number of fused-ring (bicyclic) bond motifs is 1. The number of benzene rings is 1. The highest BCUT2D eigenvalue weighted by Gasteiger charge is 2.17. The molecule has 0 spiro atoms. The fourth-order valence-corrected chi connectivity index (χ4v) is 2.98. The summed E-state index contributed by atoms with van der Waals surface area (Å²) in [6.45, 7) is 7.15. The summed E-state index contributed by atoms with van der Waals surface area (Å²) in [7, 11) is 1.42. The van der Waals surface area contributed by atoms with Crippen molar-refractivity contribution in [1.82, 2.24) is 10.2 Å². The van der Waals surface area contributed by atoms with Crippen molar-refractivity contribution in [2.75, 3.05) is 33.3 Å². The lowest BCUT2D eigenvalue weighted by atomic mass is 9.95. The molecule has 1 aliphatic carbocycles. The van der Waals surface area contributed by atoms with Gasteiger partial charge in [0.25, 0.3) is 0 Å². The van der Waals surface area contributed by atoms with Gasteiger partial charge in [0.05, 0.1) is 13.7 Å². The van der Waals surface area contributed by atoms with Gasteiger partial charge in [-0.3, -0.25) is 9.69 Å². The molecule has 0 saturated carbocycles. The molecule has 4 nitrogen and oxygen atoms in total. The molecule has 1 atom stereocenters. The van der Waals surface area contributed by atoms with E-state index >= 15 is 0 Å². The third-order valence-corrected chi connectivity index (χ3v) is 4.36. The van der Waals surface area contributed by atoms with E-state index in [-0.39, 0.29) is 11.8 Å². The molecule has 0 radical (unpaired) electrons. The van der Waals surface area contributed by atoms with E-state index in [0.29, 0.717) is 12.6 Å². The van der Waals surface area contributed by atoms with Gasteiger partial charge in [-0.05, 0) is 37.8 Å². The summed E-state index contributed by atoms with van der Waals surface area (Å²) in [5, 5.41) is 3.31. The molecule has 24 heavy (non-hydrogen) atoms. The molecule has 0 amide bonds. The molecule has 1 unspecified atom stereocenters. The number of rotatable bonds is 2. The minimum absolute atomic E-state index is 0.0524. The van der Waals surface area contributed by atoms with Gasteiger partial charge >= 0.3 is 5.97 Å². The molecule has 3 rings (SSSR count). The van der Waals surface area contributed by atoms with Crippen molar-refractivity contribution in [2.45, 2.75) is 32.7 Å². The summed E-state index contributed by atoms with van der Waals surface area (Å²) in [6.07, 6.45) is 5.94. The van der Waals surface area contributed by atoms with Gasteiger partial charge < -0.3 is 10.1 Å². The van der Waals surface area contributed by atoms with Crippen molar-refractivity contribution >= 4 is 12.0 Å². The first-order valence-corrected chi connectivity index (χ1v) is 8.48. The molecular formula is C19H27FN2O2. The van der Waals surface area contributed by atoms with Crippen LogP contribution in [0.5, 0.6) is 0 Å². The zero-order valence-electron chi connectivity index (χ0n) is 14.8. The normalized spacial score (nSPS) is 19.9. The van der Waals surface area contributed by atoms with Gasteiger partial charge in [-0.15, -0.1) is 0 Å². The predicted molar refractivity (Wildman–Crippen MR) is 94.4 cm³/mol. The van der Waals surface area contributed by atoms with E-state index in [9.17, 15) is 9.18 Å². The molecule has 1 saturated heterocycles. The smallest absolute Gasteiger partial charge is 0.319 e. The molecule has 1 aromatic carbocycles. The molecular weight excluding hydrogens is 307 g/mol. The van der Waals surface area contributed by atoms with Crippen molar-refractivity contribution in [3.05, 3.63) is 40.7 Å². The van der Waals surface area contributed by atoms with E-state index in [1.54, 1.807) is 6.92 Å². The van der Waals surface area contributed by atoms with Gasteiger partial charge in [0.1, 0.15) is 5.82 Å². The second-order valence-electron chi connectivity index (χ2n) is 6.38. The number of hydrogen-bond donors (Lipinski definition) is 1. The number of hydrogen-bond acceptors (Lipinski definition) is 4. The molecule has 0 bridgehead atoms. The third-order valence-electron chi connectivity index (χ3n) is 4.36. The van der Waals surface area contributed by atoms with Crippen LogP contribution in [0.2, 0.25) is 0 Å². The number of allylic oxidation sites excluding steroid dienone is 1. The van der Waals surface area contributed by atoms with Crippen LogP contribution < -0.4 is 5.32 Å². The van der Waals surface area contributed by atoms with E-state index in [2.05, 4.69) is 21.9 Å². The number of piperazine rings is 1. The summed E-state index contributed by atoms with van der Waals surface area (Å²) in [4.78, 5) is 13.0. The predicted octanol–water partition coefficient (Wildman–Crippen LogP) is 2.55. The topological polar surface area (TPSA) is 41.6 Å². The molecule has 5 heteroatoms. The highest BCUT2D eigenvalue weighted by Crippen LogP contribution is 2.23. The zero-order valence-corrected chi connectivity index (χ0v) is 14.8. The number of carbonyl (C=O) groups excluding carboxylic acids is 1. The Labute approximate surface area is 143 Å². The van der Waals surface area contributed by atoms with E-state index < -0.39 is 0 Å². The molecule has 132 valence electrons. The maximum Gasteiger partial charge on any atom is 0.319 e. The minimum atomic E-state index is -0.149. The Bertz CT molecular complexity index is 601. The van der Waals surface area contributed by atoms with E-state index in [4.69, 9.17) is 0 Å². The average Bonchev–Trinajstić information content (AvgIpc) is 2.59. The van der Waals surface area contributed by atoms with Gasteiger partial charge in [0.15, 0.2) is 0 Å². The van der Waals surface area contributed by atoms with Crippen LogP contribution in [0.4, 0.5) is 4.39 Å². The van der Waals surface area contributed by atoms with Crippen LogP contribution >= 0.6 is 0 Å². The van der Waals surface area contributed by atoms with Crippen molar-refractivity contribution in [3.8, 4) is 0 Å². The van der Waals surface area contributed by atoms with Gasteiger partial charge in [0.2, 0.25) is 0 Å². The van der Waals surface area contributed by atoms with Crippen LogP contribution in [0.15, 0.2) is 18.2 Å². The first-order valence-electron chi connectivity index (χ1n) is 8.48. The van der Waals surface area contributed by atoms with Crippen molar-refractivity contribution < 1.29 is 13.9 Å². The molecule has 0 aromatic heterocycles. The van der Waals surface area contributed by atoms with Gasteiger partial charge in [-0.2, -0.15) is 0 Å². The van der Waals surface area contributed by atoms with Crippen LogP contribution in [-0.4, -0.2) is 50.2 Å². The van der Waals surface area contributed by atoms with E-state index in [1.165, 1.54) is 7.11 Å². The SMILES string of the molecule is COC(=O)CN1CCNC(C)C1.Cc1ccc2c(c1F)C=CCC2. The summed E-state index contributed by atoms with van der Waals surface area (Å²) >= 11 is 0. The summed E-state index contributed by atoms with van der Waals surface area (Å²) in [5.41, 5.74) is 2.67. The lowest BCUT2D eigenvalue weighted by molar-refractivity contribution is -0.142. The maximum absolute atomic E-state index is 13.4. The Morgan fingerprint density at radius 1 is 1.46 bits per heavy atom. The molecule has 1 heterocycles. The Balaban J connectivity index is 0.000000174. The maximum atomic E-state index is 13.4. The number of aryl methyl sites for hydroxylation is 2. The van der Waals surface area contributed by atoms with Crippen molar-refractivity contribution in [1.29, 1.82) is 0 Å². The quantitative estimate of drug-likeness (QED) is 0.844. The molecule has 2 aliphatic rings. The Hall–Kier alpha value is -1.72. The summed E-state index contributed by atoms with van der Waals surface area (Å²) < 4.78 is 18.0. The Morgan fingerprint density at radius 3 is 2.96 bits per heavy atom. The van der Waals surface area contributed by atoms with Gasteiger partial charge in [-0.1, -0.05) is 24.3 Å². The number of nitrogens with zero attached hydrogens (tertiary/aromatic N) is 1. The van der Waals surface area contributed by atoms with E-state index in [1.807, 2.05) is 24.3 Å². The fraction of sp³-hybridized carbons (Fsp3) is 0.526. The molecule has 1 aromatic rings. The van der Waals surface area contributed by atoms with Crippen molar-refractivity contribution in [2.24, 2.45) is 0 Å². The number of methoxy groups -OCH3 is 1. The van der Waals surface area contributed by atoms with Crippen LogP contribution in [0.1, 0.15) is 30.0 Å². The molecule has 1 fully saturated rings. The minimum Gasteiger partial charge on any atom is -0.468 e. The number of nitrogens with one attached hydrogen (secondary N) is 1. The van der Waals surface area contributed by atoms with Crippen LogP contribution in [0, 0.1) is 12.7 Å². The number of esters is 1. The molecule has 1 aliphatic heterocycles. The van der Waals surface area contributed by atoms with E-state index in [0.717, 1.165) is 49.2 Å². The Kier molecular flexibility index (Phi) is 6.94. The summed E-state index contributed by atoms with van der Waals surface area (Å²) in [5.74, 6) is -0.201. The summed E-state index contributed by atoms with van der Waals surface area (Å²) in [6, 6.07) is 4.35. The lowest BCUT2D eigenvalue weighted by Crippen LogP contribution is -2.50. The standard InChI is InChI=1S/C11H11F.C8H16N2O2/c1-8-6-7-9-4-2-3-5-10(9)11(8)12;1-7-5-10(4-3-9-7)6-8(11)12-2/h3,5-7H,2,4H2,1H3;7,9H,3-6H2,1-2H3. The first kappa shape index (κ1) is 18.6. The second kappa shape index (κ2) is 8.94. The fourth-order valence-electron chi connectivity index (χ4n) is 2.98. The first-order chi connectivity index (χ1) is 11.5. The van der Waals surface area contributed by atoms with Gasteiger partial charge in [0, 0.05) is 31.2 Å². The number of carbonyl (C=O) groups is 1. The number of ether oxygens (including phenoxy) is 1. The third kappa shape index (κ3) is 5.14. The second-order valence-corrected chi connectivity index (χ2v) is 6.38. The molecule has 1 N–H and O–H groups in total. The zero-order chi connectivity index (χ0) is 17.5. The largest absolute Gasteiger partial charge is 0.468 e.